The molecular weight excluding hydrogens is 238 g/mol. The molecule has 0 unspecified atom stereocenters. The number of nitrogens with one attached hydrogen (secondary N) is 1. The standard InChI is InChI=1S/C16H25NO2/c1-16(2,11-17-14-7-8-14)12-19-15-6-4-5-13(9-15)10-18-3/h4-6,9,14,17H,7-8,10-12H2,1-3H3. The highest BCUT2D eigenvalue weighted by atomic mass is 16.5. The zero-order chi connectivity index (χ0) is 13.7. The van der Waals surface area contributed by atoms with Gasteiger partial charge in [0.05, 0.1) is 13.2 Å². The lowest BCUT2D eigenvalue weighted by atomic mass is 9.95. The molecule has 1 aliphatic carbocycles. The molecule has 2 rings (SSSR count). The van der Waals surface area contributed by atoms with E-state index < -0.39 is 0 Å². The van der Waals surface area contributed by atoms with Gasteiger partial charge in [-0.25, -0.2) is 0 Å². The maximum atomic E-state index is 5.91. The molecule has 0 aliphatic heterocycles. The van der Waals surface area contributed by atoms with Crippen LogP contribution in [0.15, 0.2) is 24.3 Å². The number of hydrogen-bond acceptors (Lipinski definition) is 3. The molecule has 106 valence electrons. The lowest BCUT2D eigenvalue weighted by molar-refractivity contribution is 0.173. The van der Waals surface area contributed by atoms with Crippen molar-refractivity contribution >= 4 is 0 Å². The van der Waals surface area contributed by atoms with Crippen LogP contribution in [0.4, 0.5) is 0 Å². The second kappa shape index (κ2) is 6.40. The van der Waals surface area contributed by atoms with Crippen LogP contribution in [0.1, 0.15) is 32.3 Å². The summed E-state index contributed by atoms with van der Waals surface area (Å²) in [5.41, 5.74) is 1.30. The van der Waals surface area contributed by atoms with Crippen LogP contribution in [-0.4, -0.2) is 26.3 Å². The lowest BCUT2D eigenvalue weighted by Crippen LogP contribution is -2.35. The van der Waals surface area contributed by atoms with Gasteiger partial charge in [0.25, 0.3) is 0 Å². The topological polar surface area (TPSA) is 30.5 Å². The van der Waals surface area contributed by atoms with Crippen LogP contribution in [0.3, 0.4) is 0 Å². The Hall–Kier alpha value is -1.06. The molecule has 0 radical (unpaired) electrons. The largest absolute Gasteiger partial charge is 0.493 e. The van der Waals surface area contributed by atoms with Gasteiger partial charge in [-0.3, -0.25) is 0 Å². The SMILES string of the molecule is COCc1cccc(OCC(C)(C)CNC2CC2)c1. The van der Waals surface area contributed by atoms with Crippen LogP contribution in [0.25, 0.3) is 0 Å². The predicted octanol–water partition coefficient (Wildman–Crippen LogP) is 2.99. The van der Waals surface area contributed by atoms with Crippen molar-refractivity contribution < 1.29 is 9.47 Å². The molecule has 0 spiro atoms. The molecule has 1 aromatic carbocycles. The molecule has 1 saturated carbocycles. The molecule has 0 amide bonds. The Bertz CT molecular complexity index is 399. The van der Waals surface area contributed by atoms with E-state index in [2.05, 4.69) is 25.2 Å². The van der Waals surface area contributed by atoms with Gasteiger partial charge in [0, 0.05) is 25.1 Å². The minimum atomic E-state index is 0.153. The zero-order valence-electron chi connectivity index (χ0n) is 12.2. The van der Waals surface area contributed by atoms with Crippen molar-refractivity contribution in [2.75, 3.05) is 20.3 Å². The van der Waals surface area contributed by atoms with E-state index in [9.17, 15) is 0 Å². The second-order valence-electron chi connectivity index (χ2n) is 6.19. The quantitative estimate of drug-likeness (QED) is 0.782. The number of methoxy groups -OCH3 is 1. The van der Waals surface area contributed by atoms with Crippen molar-refractivity contribution in [2.24, 2.45) is 5.41 Å². The van der Waals surface area contributed by atoms with Gasteiger partial charge in [-0.1, -0.05) is 26.0 Å². The fourth-order valence-corrected chi connectivity index (χ4v) is 1.93. The zero-order valence-corrected chi connectivity index (χ0v) is 12.2. The smallest absolute Gasteiger partial charge is 0.119 e. The van der Waals surface area contributed by atoms with E-state index in [1.165, 1.54) is 12.8 Å². The summed E-state index contributed by atoms with van der Waals surface area (Å²) in [5, 5.41) is 3.56. The summed E-state index contributed by atoms with van der Waals surface area (Å²) >= 11 is 0. The van der Waals surface area contributed by atoms with Gasteiger partial charge in [-0.15, -0.1) is 0 Å². The van der Waals surface area contributed by atoms with Crippen molar-refractivity contribution in [1.82, 2.24) is 5.32 Å². The summed E-state index contributed by atoms with van der Waals surface area (Å²) in [5.74, 6) is 0.925. The Kier molecular flexibility index (Phi) is 4.83. The van der Waals surface area contributed by atoms with E-state index in [0.717, 1.165) is 30.5 Å². The molecule has 0 saturated heterocycles. The monoisotopic (exact) mass is 263 g/mol. The van der Waals surface area contributed by atoms with Crippen LogP contribution >= 0.6 is 0 Å². The highest BCUT2D eigenvalue weighted by molar-refractivity contribution is 5.28. The number of rotatable bonds is 8. The first-order valence-corrected chi connectivity index (χ1v) is 7.03. The van der Waals surface area contributed by atoms with Crippen LogP contribution in [-0.2, 0) is 11.3 Å². The molecule has 3 nitrogen and oxygen atoms in total. The van der Waals surface area contributed by atoms with Gasteiger partial charge in [0.15, 0.2) is 0 Å². The molecule has 1 fully saturated rings. The summed E-state index contributed by atoms with van der Waals surface area (Å²) in [6.45, 7) is 6.84. The van der Waals surface area contributed by atoms with Gasteiger partial charge in [0.1, 0.15) is 5.75 Å². The molecule has 1 N–H and O–H groups in total. The normalized spacial score (nSPS) is 15.5. The molecule has 1 aliphatic rings. The predicted molar refractivity (Wildman–Crippen MR) is 77.5 cm³/mol. The highest BCUT2D eigenvalue weighted by Gasteiger charge is 2.25. The average molecular weight is 263 g/mol. The first kappa shape index (κ1) is 14.4. The third-order valence-electron chi connectivity index (χ3n) is 3.29. The van der Waals surface area contributed by atoms with Crippen LogP contribution in [0, 0.1) is 5.41 Å². The first-order chi connectivity index (χ1) is 9.09. The molecule has 3 heteroatoms. The Morgan fingerprint density at radius 2 is 2.11 bits per heavy atom. The molecule has 0 heterocycles. The minimum Gasteiger partial charge on any atom is -0.493 e. The summed E-state index contributed by atoms with van der Waals surface area (Å²) in [6, 6.07) is 8.87. The Labute approximate surface area is 116 Å². The van der Waals surface area contributed by atoms with Crippen molar-refractivity contribution in [3.63, 3.8) is 0 Å². The van der Waals surface area contributed by atoms with Crippen molar-refractivity contribution in [3.8, 4) is 5.75 Å². The fourth-order valence-electron chi connectivity index (χ4n) is 1.93. The molecule has 0 bridgehead atoms. The minimum absolute atomic E-state index is 0.153. The maximum absolute atomic E-state index is 5.91. The number of ether oxygens (including phenoxy) is 2. The van der Waals surface area contributed by atoms with E-state index in [0.29, 0.717) is 6.61 Å². The molecule has 19 heavy (non-hydrogen) atoms. The average Bonchev–Trinajstić information content (AvgIpc) is 3.19. The first-order valence-electron chi connectivity index (χ1n) is 7.03. The number of benzene rings is 1. The number of hydrogen-bond donors (Lipinski definition) is 1. The maximum Gasteiger partial charge on any atom is 0.119 e. The van der Waals surface area contributed by atoms with E-state index in [1.807, 2.05) is 18.2 Å². The van der Waals surface area contributed by atoms with E-state index in [4.69, 9.17) is 9.47 Å². The van der Waals surface area contributed by atoms with E-state index in [1.54, 1.807) is 7.11 Å². The van der Waals surface area contributed by atoms with Crippen molar-refractivity contribution in [3.05, 3.63) is 29.8 Å². The van der Waals surface area contributed by atoms with Gasteiger partial charge >= 0.3 is 0 Å². The molecule has 1 aromatic rings. The Morgan fingerprint density at radius 3 is 2.79 bits per heavy atom. The van der Waals surface area contributed by atoms with Gasteiger partial charge < -0.3 is 14.8 Å². The summed E-state index contributed by atoms with van der Waals surface area (Å²) in [7, 11) is 1.71. The van der Waals surface area contributed by atoms with Gasteiger partial charge in [-0.2, -0.15) is 0 Å². The second-order valence-corrected chi connectivity index (χ2v) is 6.19. The summed E-state index contributed by atoms with van der Waals surface area (Å²) < 4.78 is 11.0. The highest BCUT2D eigenvalue weighted by Crippen LogP contribution is 2.23. The van der Waals surface area contributed by atoms with Gasteiger partial charge in [-0.05, 0) is 30.5 Å². The fraction of sp³-hybridized carbons (Fsp3) is 0.625. The molecular formula is C16H25NO2. The van der Waals surface area contributed by atoms with Crippen LogP contribution < -0.4 is 10.1 Å². The molecule has 0 atom stereocenters. The molecule has 0 aromatic heterocycles. The lowest BCUT2D eigenvalue weighted by Gasteiger charge is -2.25. The van der Waals surface area contributed by atoms with E-state index in [-0.39, 0.29) is 5.41 Å². The van der Waals surface area contributed by atoms with Crippen LogP contribution in [0.5, 0.6) is 5.75 Å². The Balaban J connectivity index is 1.80. The third-order valence-corrected chi connectivity index (χ3v) is 3.29. The van der Waals surface area contributed by atoms with E-state index >= 15 is 0 Å². The van der Waals surface area contributed by atoms with Crippen molar-refractivity contribution in [2.45, 2.75) is 39.3 Å². The Morgan fingerprint density at radius 1 is 1.32 bits per heavy atom. The van der Waals surface area contributed by atoms with Crippen molar-refractivity contribution in [1.29, 1.82) is 0 Å². The van der Waals surface area contributed by atoms with Crippen LogP contribution in [0.2, 0.25) is 0 Å². The van der Waals surface area contributed by atoms with Gasteiger partial charge in [0.2, 0.25) is 0 Å². The summed E-state index contributed by atoms with van der Waals surface area (Å²) in [6.07, 6.45) is 2.66. The third kappa shape index (κ3) is 5.21. The summed E-state index contributed by atoms with van der Waals surface area (Å²) in [4.78, 5) is 0.